The number of carbonyl (C=O) groups excluding carboxylic acids is 3. The van der Waals surface area contributed by atoms with Gasteiger partial charge in [0.05, 0.1) is 11.1 Å². The molecule has 1 heterocycles. The summed E-state index contributed by atoms with van der Waals surface area (Å²) in [5.74, 6) is -0.897. The molecule has 0 spiro atoms. The monoisotopic (exact) mass is 370 g/mol. The fourth-order valence-corrected chi connectivity index (χ4v) is 3.26. The van der Waals surface area contributed by atoms with Gasteiger partial charge in [-0.1, -0.05) is 41.9 Å². The third-order valence-corrected chi connectivity index (χ3v) is 4.70. The minimum atomic E-state index is -0.345. The summed E-state index contributed by atoms with van der Waals surface area (Å²) in [4.78, 5) is 37.9. The topological polar surface area (TPSA) is 66.5 Å². The second kappa shape index (κ2) is 7.70. The summed E-state index contributed by atoms with van der Waals surface area (Å²) in [6, 6.07) is 14.1. The molecule has 134 valence electrons. The Kier molecular flexibility index (Phi) is 5.38. The second-order valence-corrected chi connectivity index (χ2v) is 6.73. The van der Waals surface area contributed by atoms with Crippen LogP contribution in [0, 0.1) is 0 Å². The maximum atomic E-state index is 12.3. The average Bonchev–Trinajstić information content (AvgIpc) is 2.86. The predicted octanol–water partition coefficient (Wildman–Crippen LogP) is 3.07. The van der Waals surface area contributed by atoms with E-state index in [1.807, 2.05) is 31.2 Å². The normalized spacial score (nSPS) is 14.3. The number of hydrogen-bond acceptors (Lipinski definition) is 3. The lowest BCUT2D eigenvalue weighted by Crippen LogP contribution is -2.38. The van der Waals surface area contributed by atoms with Crippen molar-refractivity contribution in [3.63, 3.8) is 0 Å². The third kappa shape index (κ3) is 3.78. The number of halogens is 1. The van der Waals surface area contributed by atoms with Gasteiger partial charge in [-0.3, -0.25) is 19.3 Å². The van der Waals surface area contributed by atoms with Crippen molar-refractivity contribution in [2.24, 2.45) is 0 Å². The third-order valence-electron chi connectivity index (χ3n) is 4.33. The van der Waals surface area contributed by atoms with Crippen LogP contribution in [0.3, 0.4) is 0 Å². The van der Waals surface area contributed by atoms with E-state index in [-0.39, 0.29) is 36.7 Å². The molecule has 0 saturated carbocycles. The van der Waals surface area contributed by atoms with Crippen molar-refractivity contribution in [1.82, 2.24) is 10.2 Å². The fourth-order valence-electron chi connectivity index (χ4n) is 3.05. The first kappa shape index (κ1) is 18.1. The molecule has 0 fully saturated rings. The minimum absolute atomic E-state index is 0.0665. The Morgan fingerprint density at radius 3 is 2.23 bits per heavy atom. The Bertz CT molecular complexity index is 831. The molecular weight excluding hydrogens is 352 g/mol. The highest BCUT2D eigenvalue weighted by atomic mass is 35.5. The number of benzene rings is 2. The zero-order valence-corrected chi connectivity index (χ0v) is 15.1. The van der Waals surface area contributed by atoms with Crippen molar-refractivity contribution in [3.05, 3.63) is 70.2 Å². The molecule has 1 aliphatic rings. The zero-order chi connectivity index (χ0) is 18.7. The van der Waals surface area contributed by atoms with Gasteiger partial charge >= 0.3 is 0 Å². The van der Waals surface area contributed by atoms with Gasteiger partial charge in [-0.25, -0.2) is 0 Å². The highest BCUT2D eigenvalue weighted by Crippen LogP contribution is 2.22. The summed E-state index contributed by atoms with van der Waals surface area (Å²) < 4.78 is 0. The smallest absolute Gasteiger partial charge is 0.261 e. The number of fused-ring (bicyclic) bond motifs is 1. The van der Waals surface area contributed by atoms with E-state index in [1.165, 1.54) is 0 Å². The zero-order valence-electron chi connectivity index (χ0n) is 14.4. The van der Waals surface area contributed by atoms with Crippen LogP contribution < -0.4 is 5.32 Å². The Morgan fingerprint density at radius 1 is 1.04 bits per heavy atom. The van der Waals surface area contributed by atoms with E-state index in [2.05, 4.69) is 5.32 Å². The van der Waals surface area contributed by atoms with Crippen LogP contribution in [0.25, 0.3) is 0 Å². The first-order valence-corrected chi connectivity index (χ1v) is 8.83. The molecule has 3 rings (SSSR count). The van der Waals surface area contributed by atoms with Crippen LogP contribution in [0.15, 0.2) is 48.5 Å². The molecule has 0 saturated heterocycles. The van der Waals surface area contributed by atoms with Gasteiger partial charge in [0.1, 0.15) is 0 Å². The van der Waals surface area contributed by atoms with E-state index in [1.54, 1.807) is 24.3 Å². The van der Waals surface area contributed by atoms with Crippen molar-refractivity contribution in [1.29, 1.82) is 0 Å². The molecule has 0 aromatic heterocycles. The fraction of sp³-hybridized carbons (Fsp3) is 0.250. The molecule has 2 aromatic carbocycles. The molecule has 6 heteroatoms. The number of hydrogen-bond donors (Lipinski definition) is 1. The molecule has 1 N–H and O–H groups in total. The van der Waals surface area contributed by atoms with Crippen LogP contribution in [0.5, 0.6) is 0 Å². The quantitative estimate of drug-likeness (QED) is 0.795. The molecule has 1 atom stereocenters. The predicted molar refractivity (Wildman–Crippen MR) is 99.2 cm³/mol. The van der Waals surface area contributed by atoms with Gasteiger partial charge in [0, 0.05) is 24.0 Å². The summed E-state index contributed by atoms with van der Waals surface area (Å²) in [6.45, 7) is 1.96. The molecule has 0 unspecified atom stereocenters. The molecule has 26 heavy (non-hydrogen) atoms. The number of amides is 3. The van der Waals surface area contributed by atoms with E-state index in [4.69, 9.17) is 11.6 Å². The first-order chi connectivity index (χ1) is 12.5. The van der Waals surface area contributed by atoms with Crippen molar-refractivity contribution in [2.45, 2.75) is 25.8 Å². The number of carbonyl (C=O) groups is 3. The number of nitrogens with zero attached hydrogens (tertiary/aromatic N) is 1. The van der Waals surface area contributed by atoms with Crippen LogP contribution in [-0.2, 0) is 11.2 Å². The maximum absolute atomic E-state index is 12.3. The van der Waals surface area contributed by atoms with Crippen LogP contribution in [0.1, 0.15) is 39.6 Å². The van der Waals surface area contributed by atoms with Crippen molar-refractivity contribution >= 4 is 29.3 Å². The van der Waals surface area contributed by atoms with Gasteiger partial charge in [-0.05, 0) is 37.1 Å². The average molecular weight is 371 g/mol. The molecule has 5 nitrogen and oxygen atoms in total. The molecule has 1 aliphatic heterocycles. The number of imide groups is 1. The maximum Gasteiger partial charge on any atom is 0.261 e. The number of rotatable bonds is 6. The lowest BCUT2D eigenvalue weighted by Gasteiger charge is -2.17. The van der Waals surface area contributed by atoms with Gasteiger partial charge in [0.2, 0.25) is 5.91 Å². The number of nitrogens with one attached hydrogen (secondary N) is 1. The minimum Gasteiger partial charge on any atom is -0.353 e. The largest absolute Gasteiger partial charge is 0.353 e. The van der Waals surface area contributed by atoms with Crippen molar-refractivity contribution in [2.75, 3.05) is 6.54 Å². The van der Waals surface area contributed by atoms with Gasteiger partial charge in [0.15, 0.2) is 0 Å². The summed E-state index contributed by atoms with van der Waals surface area (Å²) in [5, 5.41) is 3.55. The van der Waals surface area contributed by atoms with E-state index in [9.17, 15) is 14.4 Å². The second-order valence-electron chi connectivity index (χ2n) is 6.32. The van der Waals surface area contributed by atoms with E-state index in [0.29, 0.717) is 22.6 Å². The Labute approximate surface area is 156 Å². The van der Waals surface area contributed by atoms with E-state index >= 15 is 0 Å². The van der Waals surface area contributed by atoms with Gasteiger partial charge in [0.25, 0.3) is 11.8 Å². The SMILES string of the molecule is C[C@@H](Cc1ccccc1Cl)NC(=O)CCN1C(=O)c2ccccc2C1=O. The standard InChI is InChI=1S/C20H19ClN2O3/c1-13(12-14-6-2-5-9-17(14)21)22-18(24)10-11-23-19(25)15-7-3-4-8-16(15)20(23)26/h2-9,13H,10-12H2,1H3,(H,22,24)/t13-/m0/s1. The molecule has 3 amide bonds. The highest BCUT2D eigenvalue weighted by molar-refractivity contribution is 6.31. The van der Waals surface area contributed by atoms with Crippen LogP contribution in [-0.4, -0.2) is 35.2 Å². The van der Waals surface area contributed by atoms with Crippen LogP contribution >= 0.6 is 11.6 Å². The van der Waals surface area contributed by atoms with Crippen molar-refractivity contribution in [3.8, 4) is 0 Å². The van der Waals surface area contributed by atoms with Crippen LogP contribution in [0.4, 0.5) is 0 Å². The van der Waals surface area contributed by atoms with Gasteiger partial charge in [-0.2, -0.15) is 0 Å². The molecule has 0 aliphatic carbocycles. The first-order valence-electron chi connectivity index (χ1n) is 8.45. The summed E-state index contributed by atoms with van der Waals surface area (Å²) in [5.41, 5.74) is 1.75. The molecule has 2 aromatic rings. The van der Waals surface area contributed by atoms with Crippen molar-refractivity contribution < 1.29 is 14.4 Å². The summed E-state index contributed by atoms with van der Waals surface area (Å²) >= 11 is 6.13. The van der Waals surface area contributed by atoms with Crippen LogP contribution in [0.2, 0.25) is 5.02 Å². The van der Waals surface area contributed by atoms with Gasteiger partial charge < -0.3 is 5.32 Å². The van der Waals surface area contributed by atoms with E-state index in [0.717, 1.165) is 10.5 Å². The Morgan fingerprint density at radius 2 is 1.62 bits per heavy atom. The summed E-state index contributed by atoms with van der Waals surface area (Å²) in [6.07, 6.45) is 0.677. The Balaban J connectivity index is 1.53. The highest BCUT2D eigenvalue weighted by Gasteiger charge is 2.34. The molecule has 0 bridgehead atoms. The lowest BCUT2D eigenvalue weighted by atomic mass is 10.1. The summed E-state index contributed by atoms with van der Waals surface area (Å²) in [7, 11) is 0. The van der Waals surface area contributed by atoms with E-state index < -0.39 is 0 Å². The Hall–Kier alpha value is -2.66. The molecular formula is C20H19ClN2O3. The lowest BCUT2D eigenvalue weighted by molar-refractivity contribution is -0.121. The molecule has 0 radical (unpaired) electrons. The van der Waals surface area contributed by atoms with Gasteiger partial charge in [-0.15, -0.1) is 0 Å².